The first-order valence-corrected chi connectivity index (χ1v) is 7.85. The largest absolute Gasteiger partial charge is 0.498 e. The van der Waals surface area contributed by atoms with Crippen molar-refractivity contribution in [1.29, 1.82) is 0 Å². The molecule has 0 bridgehead atoms. The Kier molecular flexibility index (Phi) is 5.68. The van der Waals surface area contributed by atoms with Gasteiger partial charge in [0.15, 0.2) is 4.58 Å². The third-order valence-corrected chi connectivity index (χ3v) is 6.82. The Labute approximate surface area is 114 Å². The summed E-state index contributed by atoms with van der Waals surface area (Å²) in [4.78, 5) is 10.7. The number of sulfone groups is 2. The van der Waals surface area contributed by atoms with Crippen LogP contribution >= 0.6 is 0 Å². The molecule has 0 aromatic rings. The normalized spacial score (nSPS) is 14.3. The Morgan fingerprint density at radius 3 is 1.52 bits per heavy atom. The number of rotatable bonds is 5. The highest BCUT2D eigenvalue weighted by atomic mass is 32.3. The van der Waals surface area contributed by atoms with E-state index in [2.05, 4.69) is 4.74 Å². The molecule has 0 atom stereocenters. The molecule has 0 heterocycles. The van der Waals surface area contributed by atoms with Crippen LogP contribution in [0.25, 0.3) is 0 Å². The van der Waals surface area contributed by atoms with Gasteiger partial charge in [-0.2, -0.15) is 26.3 Å². The summed E-state index contributed by atoms with van der Waals surface area (Å²) in [7, 11) is -12.7. The van der Waals surface area contributed by atoms with E-state index in [9.17, 15) is 48.0 Å². The van der Waals surface area contributed by atoms with E-state index in [0.29, 0.717) is 0 Å². The van der Waals surface area contributed by atoms with Gasteiger partial charge >= 0.3 is 17.0 Å². The van der Waals surface area contributed by atoms with Gasteiger partial charge < -0.3 is 4.74 Å². The molecule has 0 spiro atoms. The molecule has 0 aliphatic carbocycles. The molecule has 0 N–H and O–H groups in total. The van der Waals surface area contributed by atoms with Crippen LogP contribution in [0.3, 0.4) is 0 Å². The van der Waals surface area contributed by atoms with Crippen LogP contribution in [0.15, 0.2) is 0 Å². The van der Waals surface area contributed by atoms with E-state index in [1.54, 1.807) is 0 Å². The Hall–Kier alpha value is -1.05. The first kappa shape index (κ1) is 19.9. The molecule has 0 aromatic carbocycles. The molecule has 21 heavy (non-hydrogen) atoms. The minimum atomic E-state index is -6.70. The predicted octanol–water partition coefficient (Wildman–Crippen LogP) is 1.13. The number of methoxy groups -OCH3 is 1. The summed E-state index contributed by atoms with van der Waals surface area (Å²) in [6.07, 6.45) is -3.00. The Bertz CT molecular complexity index is 542. The van der Waals surface area contributed by atoms with E-state index in [-0.39, 0.29) is 0 Å². The quantitative estimate of drug-likeness (QED) is 0.535. The third-order valence-electron chi connectivity index (χ3n) is 2.15. The van der Waals surface area contributed by atoms with Crippen LogP contribution in [-0.4, -0.2) is 45.5 Å². The summed E-state index contributed by atoms with van der Waals surface area (Å²) >= 11 is 0. The van der Waals surface area contributed by atoms with Crippen LogP contribution in [-0.2, 0) is 29.2 Å². The zero-order chi connectivity index (χ0) is 17.3. The van der Waals surface area contributed by atoms with Crippen LogP contribution in [0, 0.1) is 0 Å². The molecule has 0 saturated heterocycles. The van der Waals surface area contributed by atoms with Crippen molar-refractivity contribution in [3.63, 3.8) is 0 Å². The van der Waals surface area contributed by atoms with Crippen LogP contribution < -0.4 is 0 Å². The van der Waals surface area contributed by atoms with Crippen molar-refractivity contribution in [3.8, 4) is 0 Å². The molecule has 0 aliphatic rings. The maximum Gasteiger partial charge on any atom is 0.498 e. The Balaban J connectivity index is 5.91. The molecule has 0 radical (unpaired) electrons. The first-order valence-electron chi connectivity index (χ1n) is 4.76. The van der Waals surface area contributed by atoms with E-state index in [1.807, 2.05) is 0 Å². The molecule has 6 nitrogen and oxygen atoms in total. The zero-order valence-corrected chi connectivity index (χ0v) is 11.7. The third kappa shape index (κ3) is 4.21. The number of esters is 1. The van der Waals surface area contributed by atoms with Crippen LogP contribution in [0.2, 0.25) is 0 Å². The number of alkyl halides is 6. The minimum absolute atomic E-state index is 0.730. The lowest BCUT2D eigenvalue weighted by molar-refractivity contribution is -0.140. The second-order valence-corrected chi connectivity index (χ2v) is 8.07. The van der Waals surface area contributed by atoms with Gasteiger partial charge in [0.1, 0.15) is 0 Å². The number of hydrogen-bond acceptors (Lipinski definition) is 6. The van der Waals surface area contributed by atoms with Gasteiger partial charge in [-0.25, -0.2) is 16.8 Å². The van der Waals surface area contributed by atoms with E-state index < -0.39 is 54.1 Å². The fraction of sp³-hybridized carbons (Fsp3) is 0.857. The molecule has 0 amide bonds. The summed E-state index contributed by atoms with van der Waals surface area (Å²) in [5, 5.41) is 0. The molecule has 0 aliphatic heterocycles. The van der Waals surface area contributed by atoms with Crippen LogP contribution in [0.4, 0.5) is 26.3 Å². The van der Waals surface area contributed by atoms with Crippen molar-refractivity contribution in [2.75, 3.05) is 7.11 Å². The fourth-order valence-electron chi connectivity index (χ4n) is 1.11. The first-order chi connectivity index (χ1) is 9.09. The van der Waals surface area contributed by atoms with Gasteiger partial charge in [-0.1, -0.05) is 0 Å². The molecule has 126 valence electrons. The molecular weight excluding hydrogens is 358 g/mol. The lowest BCUT2D eigenvalue weighted by Crippen LogP contribution is -2.45. The summed E-state index contributed by atoms with van der Waals surface area (Å²) in [5.41, 5.74) is -12.5. The monoisotopic (exact) mass is 366 g/mol. The SMILES string of the molecule is COC(=O)CCC(S(=O)(=O)C(F)(F)F)S(=O)(=O)C(F)(F)F. The topological polar surface area (TPSA) is 94.6 Å². The van der Waals surface area contributed by atoms with Crippen molar-refractivity contribution in [2.45, 2.75) is 28.4 Å². The van der Waals surface area contributed by atoms with E-state index in [0.717, 1.165) is 7.11 Å². The van der Waals surface area contributed by atoms with Crippen LogP contribution in [0.5, 0.6) is 0 Å². The summed E-state index contributed by atoms with van der Waals surface area (Å²) in [6, 6.07) is 0. The Morgan fingerprint density at radius 2 is 1.29 bits per heavy atom. The molecule has 0 saturated carbocycles. The number of halogens is 6. The van der Waals surface area contributed by atoms with Gasteiger partial charge in [0.2, 0.25) is 0 Å². The zero-order valence-electron chi connectivity index (χ0n) is 10.0. The van der Waals surface area contributed by atoms with Gasteiger partial charge in [-0.3, -0.25) is 4.79 Å². The van der Waals surface area contributed by atoms with Crippen molar-refractivity contribution in [2.24, 2.45) is 0 Å². The Morgan fingerprint density at radius 1 is 0.952 bits per heavy atom. The van der Waals surface area contributed by atoms with Gasteiger partial charge in [-0.05, 0) is 6.42 Å². The highest BCUT2D eigenvalue weighted by Gasteiger charge is 2.62. The minimum Gasteiger partial charge on any atom is -0.469 e. The van der Waals surface area contributed by atoms with Crippen molar-refractivity contribution >= 4 is 25.6 Å². The summed E-state index contributed by atoms with van der Waals surface area (Å²) in [5.74, 6) is -1.37. The van der Waals surface area contributed by atoms with Crippen molar-refractivity contribution in [1.82, 2.24) is 0 Å². The maximum atomic E-state index is 12.3. The lowest BCUT2D eigenvalue weighted by Gasteiger charge is -2.20. The van der Waals surface area contributed by atoms with Crippen molar-refractivity contribution < 1.29 is 52.7 Å². The van der Waals surface area contributed by atoms with Crippen molar-refractivity contribution in [3.05, 3.63) is 0 Å². The second kappa shape index (κ2) is 5.98. The number of hydrogen-bond donors (Lipinski definition) is 0. The average molecular weight is 366 g/mol. The molecule has 0 unspecified atom stereocenters. The predicted molar refractivity (Wildman–Crippen MR) is 55.0 cm³/mol. The van der Waals surface area contributed by atoms with Gasteiger partial charge in [0, 0.05) is 6.42 Å². The van der Waals surface area contributed by atoms with Gasteiger partial charge in [-0.15, -0.1) is 0 Å². The highest BCUT2D eigenvalue weighted by Crippen LogP contribution is 2.38. The number of carbonyl (C=O) groups excluding carboxylic acids is 1. The summed E-state index contributed by atoms with van der Waals surface area (Å²) in [6.45, 7) is 0. The maximum absolute atomic E-state index is 12.3. The van der Waals surface area contributed by atoms with E-state index in [4.69, 9.17) is 0 Å². The number of carbonyl (C=O) groups is 1. The average Bonchev–Trinajstić information content (AvgIpc) is 2.25. The molecular formula is C7H8F6O6S2. The summed E-state index contributed by atoms with van der Waals surface area (Å²) < 4.78 is 118. The smallest absolute Gasteiger partial charge is 0.469 e. The van der Waals surface area contributed by atoms with E-state index >= 15 is 0 Å². The van der Waals surface area contributed by atoms with Gasteiger partial charge in [0.05, 0.1) is 7.11 Å². The lowest BCUT2D eigenvalue weighted by atomic mass is 10.3. The fourth-order valence-corrected chi connectivity index (χ4v) is 4.55. The molecule has 14 heteroatoms. The molecule has 0 fully saturated rings. The van der Waals surface area contributed by atoms with Crippen LogP contribution in [0.1, 0.15) is 12.8 Å². The van der Waals surface area contributed by atoms with E-state index in [1.165, 1.54) is 0 Å². The highest BCUT2D eigenvalue weighted by molar-refractivity contribution is 8.09. The standard InChI is InChI=1S/C7H8F6O6S2/c1-19-4(14)2-3-5(20(15,16)6(8,9)10)21(17,18)7(11,12)13/h5H,2-3H2,1H3. The molecule has 0 aromatic heterocycles. The van der Waals surface area contributed by atoms with Gasteiger partial charge in [0.25, 0.3) is 19.7 Å². The second-order valence-electron chi connectivity index (χ2n) is 3.53. The number of ether oxygens (including phenoxy) is 1. The molecule has 0 rings (SSSR count).